The van der Waals surface area contributed by atoms with Gasteiger partial charge in [0.15, 0.2) is 0 Å². The van der Waals surface area contributed by atoms with E-state index in [1.54, 1.807) is 7.11 Å². The fourth-order valence-corrected chi connectivity index (χ4v) is 2.92. The number of hydrogen-bond acceptors (Lipinski definition) is 4. The maximum absolute atomic E-state index is 11.9. The van der Waals surface area contributed by atoms with E-state index in [-0.39, 0.29) is 17.9 Å². The molecule has 2 atom stereocenters. The highest BCUT2D eigenvalue weighted by atomic mass is 16.5. The van der Waals surface area contributed by atoms with Gasteiger partial charge < -0.3 is 14.8 Å². The minimum absolute atomic E-state index is 0.0538. The van der Waals surface area contributed by atoms with E-state index in [0.29, 0.717) is 13.2 Å². The third-order valence-corrected chi connectivity index (χ3v) is 4.10. The Kier molecular flexibility index (Phi) is 4.75. The average molecular weight is 302 g/mol. The van der Waals surface area contributed by atoms with Crippen molar-refractivity contribution in [2.75, 3.05) is 40.0 Å². The van der Waals surface area contributed by atoms with Crippen LogP contribution in [0.1, 0.15) is 5.56 Å². The molecule has 118 valence electrons. The SMILES string of the molecule is COc1ccc(C=CCN2C[C@H]3COC[C@@H](C2)C(=O)N3)cc1. The van der Waals surface area contributed by atoms with E-state index in [4.69, 9.17) is 9.47 Å². The first-order valence-electron chi connectivity index (χ1n) is 7.65. The van der Waals surface area contributed by atoms with Gasteiger partial charge in [-0.05, 0) is 17.7 Å². The molecular weight excluding hydrogens is 280 g/mol. The molecule has 2 aliphatic rings. The monoisotopic (exact) mass is 302 g/mol. The van der Waals surface area contributed by atoms with Gasteiger partial charge in [-0.1, -0.05) is 24.3 Å². The first kappa shape index (κ1) is 15.1. The van der Waals surface area contributed by atoms with Crippen LogP contribution in [-0.2, 0) is 9.53 Å². The third-order valence-electron chi connectivity index (χ3n) is 4.10. The van der Waals surface area contributed by atoms with Gasteiger partial charge in [0.1, 0.15) is 5.75 Å². The first-order valence-corrected chi connectivity index (χ1v) is 7.65. The van der Waals surface area contributed by atoms with Crippen molar-refractivity contribution >= 4 is 12.0 Å². The molecule has 2 fully saturated rings. The van der Waals surface area contributed by atoms with Crippen LogP contribution in [0.25, 0.3) is 6.08 Å². The minimum atomic E-state index is -0.0538. The minimum Gasteiger partial charge on any atom is -0.497 e. The van der Waals surface area contributed by atoms with Gasteiger partial charge in [0.25, 0.3) is 0 Å². The van der Waals surface area contributed by atoms with E-state index in [1.807, 2.05) is 24.3 Å². The van der Waals surface area contributed by atoms with E-state index in [0.717, 1.165) is 30.9 Å². The van der Waals surface area contributed by atoms with Crippen LogP contribution in [0.15, 0.2) is 30.3 Å². The number of nitrogens with one attached hydrogen (secondary N) is 1. The molecule has 0 saturated carbocycles. The second-order valence-corrected chi connectivity index (χ2v) is 5.83. The number of amides is 1. The lowest BCUT2D eigenvalue weighted by atomic mass is 10.1. The Bertz CT molecular complexity index is 541. The van der Waals surface area contributed by atoms with Crippen molar-refractivity contribution in [2.45, 2.75) is 6.04 Å². The molecule has 1 amide bonds. The number of fused-ring (bicyclic) bond motifs is 3. The maximum Gasteiger partial charge on any atom is 0.227 e. The Morgan fingerprint density at radius 1 is 1.32 bits per heavy atom. The Morgan fingerprint density at radius 3 is 2.91 bits per heavy atom. The molecule has 1 aromatic rings. The summed E-state index contributed by atoms with van der Waals surface area (Å²) in [7, 11) is 1.67. The Morgan fingerprint density at radius 2 is 2.14 bits per heavy atom. The highest BCUT2D eigenvalue weighted by molar-refractivity contribution is 5.80. The average Bonchev–Trinajstić information content (AvgIpc) is 2.77. The van der Waals surface area contributed by atoms with Crippen LogP contribution in [0.3, 0.4) is 0 Å². The number of carbonyl (C=O) groups is 1. The molecule has 0 aromatic heterocycles. The van der Waals surface area contributed by atoms with Crippen molar-refractivity contribution in [1.29, 1.82) is 0 Å². The number of carbonyl (C=O) groups excluding carboxylic acids is 1. The molecule has 1 aromatic carbocycles. The van der Waals surface area contributed by atoms with Gasteiger partial charge in [0.05, 0.1) is 32.3 Å². The number of nitrogens with zero attached hydrogens (tertiary/aromatic N) is 1. The van der Waals surface area contributed by atoms with Crippen LogP contribution < -0.4 is 10.1 Å². The zero-order chi connectivity index (χ0) is 15.4. The molecule has 0 spiro atoms. The highest BCUT2D eigenvalue weighted by Crippen LogP contribution is 2.15. The summed E-state index contributed by atoms with van der Waals surface area (Å²) in [5.41, 5.74) is 1.15. The highest BCUT2D eigenvalue weighted by Gasteiger charge is 2.32. The molecule has 0 aliphatic carbocycles. The second-order valence-electron chi connectivity index (χ2n) is 5.83. The lowest BCUT2D eigenvalue weighted by molar-refractivity contribution is -0.125. The molecule has 2 saturated heterocycles. The zero-order valence-electron chi connectivity index (χ0n) is 12.8. The summed E-state index contributed by atoms with van der Waals surface area (Å²) in [6.07, 6.45) is 4.25. The van der Waals surface area contributed by atoms with Crippen molar-refractivity contribution in [1.82, 2.24) is 10.2 Å². The quantitative estimate of drug-likeness (QED) is 0.907. The number of ether oxygens (including phenoxy) is 2. The van der Waals surface area contributed by atoms with Crippen molar-refractivity contribution < 1.29 is 14.3 Å². The fourth-order valence-electron chi connectivity index (χ4n) is 2.92. The molecular formula is C17H22N2O3. The molecule has 0 radical (unpaired) electrons. The Balaban J connectivity index is 1.58. The summed E-state index contributed by atoms with van der Waals surface area (Å²) < 4.78 is 10.7. The predicted molar refractivity (Wildman–Crippen MR) is 84.7 cm³/mol. The lowest BCUT2D eigenvalue weighted by Crippen LogP contribution is -2.42. The summed E-state index contributed by atoms with van der Waals surface area (Å²) in [4.78, 5) is 14.3. The second kappa shape index (κ2) is 6.94. The third kappa shape index (κ3) is 3.67. The molecule has 5 heteroatoms. The van der Waals surface area contributed by atoms with Crippen LogP contribution in [-0.4, -0.2) is 56.8 Å². The van der Waals surface area contributed by atoms with Gasteiger partial charge >= 0.3 is 0 Å². The number of benzene rings is 1. The van der Waals surface area contributed by atoms with Crippen LogP contribution in [0.5, 0.6) is 5.75 Å². The van der Waals surface area contributed by atoms with Gasteiger partial charge in [-0.15, -0.1) is 0 Å². The van der Waals surface area contributed by atoms with Gasteiger partial charge in [0.2, 0.25) is 5.91 Å². The van der Waals surface area contributed by atoms with Gasteiger partial charge in [-0.2, -0.15) is 0 Å². The summed E-state index contributed by atoms with van der Waals surface area (Å²) in [6.45, 7) is 3.58. The molecule has 2 aliphatic heterocycles. The van der Waals surface area contributed by atoms with Crippen molar-refractivity contribution in [2.24, 2.45) is 5.92 Å². The summed E-state index contributed by atoms with van der Waals surface area (Å²) in [5.74, 6) is 0.938. The van der Waals surface area contributed by atoms with E-state index < -0.39 is 0 Å². The van der Waals surface area contributed by atoms with Crippen molar-refractivity contribution in [3.63, 3.8) is 0 Å². The molecule has 2 bridgehead atoms. The van der Waals surface area contributed by atoms with E-state index >= 15 is 0 Å². The van der Waals surface area contributed by atoms with Crippen LogP contribution in [0.4, 0.5) is 0 Å². The standard InChI is InChI=1S/C17H22N2O3/c1-21-16-6-4-13(5-7-16)3-2-8-19-9-14-11-22-12-15(10-19)18-17(14)20/h2-7,14-15H,8-12H2,1H3,(H,18,20)/t14-,15+/m1/s1. The maximum atomic E-state index is 11.9. The molecule has 3 rings (SSSR count). The van der Waals surface area contributed by atoms with E-state index in [2.05, 4.69) is 22.4 Å². The molecule has 0 unspecified atom stereocenters. The zero-order valence-corrected chi connectivity index (χ0v) is 12.8. The number of hydrogen-bond donors (Lipinski definition) is 1. The fraction of sp³-hybridized carbons (Fsp3) is 0.471. The Hall–Kier alpha value is -1.85. The van der Waals surface area contributed by atoms with Crippen molar-refractivity contribution in [3.05, 3.63) is 35.9 Å². The van der Waals surface area contributed by atoms with Crippen molar-refractivity contribution in [3.8, 4) is 5.75 Å². The number of methoxy groups -OCH3 is 1. The van der Waals surface area contributed by atoms with Gasteiger partial charge in [-0.3, -0.25) is 9.69 Å². The molecule has 2 heterocycles. The molecule has 22 heavy (non-hydrogen) atoms. The largest absolute Gasteiger partial charge is 0.497 e. The smallest absolute Gasteiger partial charge is 0.227 e. The molecule has 1 N–H and O–H groups in total. The Labute approximate surface area is 130 Å². The van der Waals surface area contributed by atoms with Crippen LogP contribution in [0, 0.1) is 5.92 Å². The van der Waals surface area contributed by atoms with Gasteiger partial charge in [0, 0.05) is 19.6 Å². The van der Waals surface area contributed by atoms with Gasteiger partial charge in [-0.25, -0.2) is 0 Å². The van der Waals surface area contributed by atoms with E-state index in [9.17, 15) is 4.79 Å². The van der Waals surface area contributed by atoms with Crippen LogP contribution in [0.2, 0.25) is 0 Å². The summed E-state index contributed by atoms with van der Waals surface area (Å²) in [5, 5.41) is 3.05. The number of rotatable bonds is 4. The van der Waals surface area contributed by atoms with Crippen LogP contribution >= 0.6 is 0 Å². The normalized spacial score (nSPS) is 25.8. The first-order chi connectivity index (χ1) is 10.7. The van der Waals surface area contributed by atoms with E-state index in [1.165, 1.54) is 0 Å². The predicted octanol–water partition coefficient (Wildman–Crippen LogP) is 1.16. The molecule has 5 nitrogen and oxygen atoms in total. The summed E-state index contributed by atoms with van der Waals surface area (Å²) in [6, 6.07) is 8.08. The lowest BCUT2D eigenvalue weighted by Gasteiger charge is -2.26. The topological polar surface area (TPSA) is 50.8 Å². The summed E-state index contributed by atoms with van der Waals surface area (Å²) >= 11 is 0.